The Morgan fingerprint density at radius 1 is 1.33 bits per heavy atom. The minimum atomic E-state index is -2.78. The van der Waals surface area contributed by atoms with Gasteiger partial charge in [-0.2, -0.15) is 0 Å². The van der Waals surface area contributed by atoms with Gasteiger partial charge in [0.25, 0.3) is 12.3 Å². The van der Waals surface area contributed by atoms with E-state index in [1.54, 1.807) is 0 Å². The average Bonchev–Trinajstić information content (AvgIpc) is 2.92. The van der Waals surface area contributed by atoms with Gasteiger partial charge >= 0.3 is 0 Å². The summed E-state index contributed by atoms with van der Waals surface area (Å²) in [5.41, 5.74) is 2.53. The van der Waals surface area contributed by atoms with Crippen LogP contribution in [0.15, 0.2) is 36.5 Å². The number of nitrogens with one attached hydrogen (secondary N) is 1. The fourth-order valence-corrected chi connectivity index (χ4v) is 3.63. The molecular formula is C19H20F2N2O. The smallest absolute Gasteiger partial charge is 0.281 e. The second-order valence-electron chi connectivity index (χ2n) is 6.24. The maximum atomic E-state index is 13.1. The summed E-state index contributed by atoms with van der Waals surface area (Å²) in [6, 6.07) is 8.71. The molecule has 1 amide bonds. The number of pyridine rings is 1. The van der Waals surface area contributed by atoms with E-state index in [-0.39, 0.29) is 5.56 Å². The van der Waals surface area contributed by atoms with Crippen molar-refractivity contribution in [1.82, 2.24) is 4.98 Å². The Balaban J connectivity index is 1.94. The molecule has 2 aromatic rings. The summed E-state index contributed by atoms with van der Waals surface area (Å²) in [6.45, 7) is 4.29. The summed E-state index contributed by atoms with van der Waals surface area (Å²) in [4.78, 5) is 16.2. The van der Waals surface area contributed by atoms with Crippen LogP contribution in [0.25, 0.3) is 0 Å². The molecule has 3 nitrogen and oxygen atoms in total. The summed E-state index contributed by atoms with van der Waals surface area (Å²) in [7, 11) is 0. The third-order valence-corrected chi connectivity index (χ3v) is 4.74. The first-order valence-corrected chi connectivity index (χ1v) is 8.20. The van der Waals surface area contributed by atoms with Gasteiger partial charge in [0.2, 0.25) is 0 Å². The minimum absolute atomic E-state index is 0.0807. The molecule has 0 saturated carbocycles. The highest BCUT2D eigenvalue weighted by Gasteiger charge is 2.30. The van der Waals surface area contributed by atoms with Gasteiger partial charge < -0.3 is 5.32 Å². The zero-order valence-corrected chi connectivity index (χ0v) is 13.7. The van der Waals surface area contributed by atoms with Gasteiger partial charge in [-0.3, -0.25) is 9.78 Å². The van der Waals surface area contributed by atoms with Gasteiger partial charge in [0.05, 0.1) is 5.56 Å². The van der Waals surface area contributed by atoms with Crippen LogP contribution < -0.4 is 5.32 Å². The number of anilines is 1. The average molecular weight is 330 g/mol. The van der Waals surface area contributed by atoms with Crippen LogP contribution >= 0.6 is 0 Å². The lowest BCUT2D eigenvalue weighted by Crippen LogP contribution is -2.16. The van der Waals surface area contributed by atoms with Gasteiger partial charge in [0, 0.05) is 11.9 Å². The number of carbonyl (C=O) groups excluding carboxylic acids is 1. The molecule has 3 rings (SSSR count). The number of amides is 1. The Morgan fingerprint density at radius 3 is 2.83 bits per heavy atom. The Morgan fingerprint density at radius 2 is 2.12 bits per heavy atom. The molecule has 2 atom stereocenters. The molecule has 1 aliphatic carbocycles. The number of nitrogens with zero attached hydrogens (tertiary/aromatic N) is 1. The summed E-state index contributed by atoms with van der Waals surface area (Å²) in [5, 5.41) is 2.82. The van der Waals surface area contributed by atoms with Crippen molar-refractivity contribution in [3.05, 3.63) is 58.9 Å². The Hall–Kier alpha value is -2.30. The van der Waals surface area contributed by atoms with E-state index in [1.165, 1.54) is 23.9 Å². The monoisotopic (exact) mass is 330 g/mol. The predicted octanol–water partition coefficient (Wildman–Crippen LogP) is 5.27. The van der Waals surface area contributed by atoms with E-state index in [1.807, 2.05) is 12.1 Å². The van der Waals surface area contributed by atoms with Crippen LogP contribution in [0.1, 0.15) is 72.1 Å². The van der Waals surface area contributed by atoms with Crippen molar-refractivity contribution in [2.45, 2.75) is 45.0 Å². The van der Waals surface area contributed by atoms with Crippen LogP contribution in [-0.2, 0) is 0 Å². The highest BCUT2D eigenvalue weighted by Crippen LogP contribution is 2.46. The lowest BCUT2D eigenvalue weighted by molar-refractivity contribution is 0.100. The first kappa shape index (κ1) is 16.6. The Bertz CT molecular complexity index is 761. The number of halogens is 2. The van der Waals surface area contributed by atoms with E-state index in [0.29, 0.717) is 17.5 Å². The number of carbonyl (C=O) groups is 1. The zero-order chi connectivity index (χ0) is 17.3. The molecule has 1 N–H and O–H groups in total. The van der Waals surface area contributed by atoms with Crippen LogP contribution in [0.2, 0.25) is 0 Å². The van der Waals surface area contributed by atoms with E-state index in [0.717, 1.165) is 18.4 Å². The second-order valence-corrected chi connectivity index (χ2v) is 6.24. The molecule has 1 aromatic heterocycles. The summed E-state index contributed by atoms with van der Waals surface area (Å²) < 4.78 is 26.1. The van der Waals surface area contributed by atoms with Crippen LogP contribution in [0, 0.1) is 0 Å². The molecule has 0 bridgehead atoms. The maximum absolute atomic E-state index is 13.1. The van der Waals surface area contributed by atoms with Gasteiger partial charge in [-0.15, -0.1) is 0 Å². The van der Waals surface area contributed by atoms with Crippen LogP contribution in [0.5, 0.6) is 0 Å². The van der Waals surface area contributed by atoms with Gasteiger partial charge in [0.15, 0.2) is 0 Å². The quantitative estimate of drug-likeness (QED) is 0.829. The molecule has 0 aliphatic heterocycles. The highest BCUT2D eigenvalue weighted by molar-refractivity contribution is 6.05. The van der Waals surface area contributed by atoms with Crippen molar-refractivity contribution in [2.75, 3.05) is 5.32 Å². The molecular weight excluding hydrogens is 310 g/mol. The van der Waals surface area contributed by atoms with Gasteiger partial charge in [0.1, 0.15) is 5.69 Å². The lowest BCUT2D eigenvalue weighted by Gasteiger charge is -2.15. The molecule has 1 heterocycles. The fourth-order valence-electron chi connectivity index (χ4n) is 3.63. The number of hydrogen-bond donors (Lipinski definition) is 1. The number of benzene rings is 1. The van der Waals surface area contributed by atoms with E-state index < -0.39 is 18.0 Å². The number of hydrogen-bond acceptors (Lipinski definition) is 2. The predicted molar refractivity (Wildman–Crippen MR) is 89.7 cm³/mol. The summed E-state index contributed by atoms with van der Waals surface area (Å²) >= 11 is 0. The number of alkyl halides is 2. The molecule has 1 aliphatic rings. The topological polar surface area (TPSA) is 42.0 Å². The van der Waals surface area contributed by atoms with Crippen molar-refractivity contribution in [3.8, 4) is 0 Å². The standard InChI is InChI=1S/C19H20F2N2O/c1-3-12-10-11(2)16-13(12)6-4-8-15(16)23-19(24)14-7-5-9-22-17(14)18(20)21/h4-9,11-12,18H,3,10H2,1-2H3,(H,23,24). The molecule has 5 heteroatoms. The molecule has 0 spiro atoms. The largest absolute Gasteiger partial charge is 0.322 e. The highest BCUT2D eigenvalue weighted by atomic mass is 19.3. The van der Waals surface area contributed by atoms with Crippen LogP contribution in [-0.4, -0.2) is 10.9 Å². The van der Waals surface area contributed by atoms with E-state index in [2.05, 4.69) is 30.2 Å². The summed E-state index contributed by atoms with van der Waals surface area (Å²) in [6.07, 6.45) is 0.588. The van der Waals surface area contributed by atoms with Gasteiger partial charge in [-0.05, 0) is 54.0 Å². The number of rotatable bonds is 4. The Kier molecular flexibility index (Phi) is 4.60. The first-order valence-electron chi connectivity index (χ1n) is 8.20. The summed E-state index contributed by atoms with van der Waals surface area (Å²) in [5.74, 6) is 0.283. The van der Waals surface area contributed by atoms with Gasteiger partial charge in [-0.1, -0.05) is 26.0 Å². The fraction of sp³-hybridized carbons (Fsp3) is 0.368. The maximum Gasteiger partial charge on any atom is 0.281 e. The molecule has 2 unspecified atom stereocenters. The SMILES string of the molecule is CCC1CC(C)c2c(NC(=O)c3cccnc3C(F)F)cccc21. The third kappa shape index (κ3) is 2.90. The molecule has 0 saturated heterocycles. The van der Waals surface area contributed by atoms with E-state index in [4.69, 9.17) is 0 Å². The molecule has 24 heavy (non-hydrogen) atoms. The van der Waals surface area contributed by atoms with Crippen LogP contribution in [0.4, 0.5) is 14.5 Å². The molecule has 0 fully saturated rings. The first-order chi connectivity index (χ1) is 11.5. The van der Waals surface area contributed by atoms with Crippen molar-refractivity contribution in [1.29, 1.82) is 0 Å². The molecule has 1 aromatic carbocycles. The minimum Gasteiger partial charge on any atom is -0.322 e. The zero-order valence-electron chi connectivity index (χ0n) is 13.7. The number of fused-ring (bicyclic) bond motifs is 1. The van der Waals surface area contributed by atoms with Gasteiger partial charge in [-0.25, -0.2) is 8.78 Å². The van der Waals surface area contributed by atoms with Crippen molar-refractivity contribution in [2.24, 2.45) is 0 Å². The van der Waals surface area contributed by atoms with Crippen LogP contribution in [0.3, 0.4) is 0 Å². The third-order valence-electron chi connectivity index (χ3n) is 4.74. The molecule has 126 valence electrons. The molecule has 0 radical (unpaired) electrons. The number of aromatic nitrogens is 1. The normalized spacial score (nSPS) is 19.4. The van der Waals surface area contributed by atoms with Crippen molar-refractivity contribution < 1.29 is 13.6 Å². The van der Waals surface area contributed by atoms with E-state index in [9.17, 15) is 13.6 Å². The van der Waals surface area contributed by atoms with E-state index >= 15 is 0 Å². The lowest BCUT2D eigenvalue weighted by atomic mass is 9.98. The van der Waals surface area contributed by atoms with Crippen molar-refractivity contribution >= 4 is 11.6 Å². The van der Waals surface area contributed by atoms with Crippen molar-refractivity contribution in [3.63, 3.8) is 0 Å². The Labute approximate surface area is 140 Å². The second kappa shape index (κ2) is 6.67.